The second-order valence-electron chi connectivity index (χ2n) is 5.96. The molecule has 0 spiro atoms. The van der Waals surface area contributed by atoms with E-state index in [1.165, 1.54) is 12.8 Å². The molecule has 2 aromatic heterocycles. The van der Waals surface area contributed by atoms with Gasteiger partial charge in [-0.15, -0.1) is 0 Å². The van der Waals surface area contributed by atoms with Gasteiger partial charge in [-0.1, -0.05) is 0 Å². The highest BCUT2D eigenvalue weighted by Crippen LogP contribution is 2.15. The van der Waals surface area contributed by atoms with Crippen LogP contribution in [0.15, 0.2) is 35.2 Å². The van der Waals surface area contributed by atoms with Crippen molar-refractivity contribution in [2.75, 3.05) is 18.0 Å². The fourth-order valence-corrected chi connectivity index (χ4v) is 2.71. The first-order valence-electron chi connectivity index (χ1n) is 8.12. The summed E-state index contributed by atoms with van der Waals surface area (Å²) in [6.07, 6.45) is 8.87. The minimum atomic E-state index is -0.134. The number of anilines is 1. The van der Waals surface area contributed by atoms with Gasteiger partial charge in [0.2, 0.25) is 5.95 Å². The summed E-state index contributed by atoms with van der Waals surface area (Å²) in [4.78, 5) is 23.0. The van der Waals surface area contributed by atoms with E-state index in [-0.39, 0.29) is 11.9 Å². The fourth-order valence-electron chi connectivity index (χ4n) is 2.71. The third kappa shape index (κ3) is 4.09. The van der Waals surface area contributed by atoms with Crippen LogP contribution in [0.5, 0.6) is 0 Å². The van der Waals surface area contributed by atoms with Gasteiger partial charge in [0, 0.05) is 37.9 Å². The number of aromatic nitrogens is 2. The Morgan fingerprint density at radius 3 is 2.74 bits per heavy atom. The molecule has 1 saturated heterocycles. The molecule has 1 amide bonds. The largest absolute Gasteiger partial charge is 0.469 e. The summed E-state index contributed by atoms with van der Waals surface area (Å²) in [5, 5.41) is 2.97. The summed E-state index contributed by atoms with van der Waals surface area (Å²) in [6.45, 7) is 3.98. The molecular weight excluding hydrogens is 292 g/mol. The van der Waals surface area contributed by atoms with Crippen LogP contribution in [0.4, 0.5) is 5.95 Å². The van der Waals surface area contributed by atoms with Crippen LogP contribution in [0, 0.1) is 0 Å². The van der Waals surface area contributed by atoms with Crippen LogP contribution in [0.2, 0.25) is 0 Å². The summed E-state index contributed by atoms with van der Waals surface area (Å²) < 4.78 is 5.30. The number of rotatable bonds is 6. The lowest BCUT2D eigenvalue weighted by atomic mass is 10.1. The van der Waals surface area contributed by atoms with E-state index in [1.54, 1.807) is 18.7 Å². The highest BCUT2D eigenvalue weighted by atomic mass is 16.3. The minimum absolute atomic E-state index is 0.0610. The van der Waals surface area contributed by atoms with E-state index in [0.717, 1.165) is 31.7 Å². The number of amides is 1. The summed E-state index contributed by atoms with van der Waals surface area (Å²) in [5.74, 6) is 1.51. The van der Waals surface area contributed by atoms with Gasteiger partial charge >= 0.3 is 0 Å². The zero-order valence-electron chi connectivity index (χ0n) is 13.4. The first-order chi connectivity index (χ1) is 11.2. The molecule has 3 rings (SSSR count). The average molecular weight is 314 g/mol. The zero-order chi connectivity index (χ0) is 16.1. The van der Waals surface area contributed by atoms with Crippen molar-refractivity contribution in [3.05, 3.63) is 42.1 Å². The Labute approximate surface area is 135 Å². The molecule has 0 aromatic carbocycles. The van der Waals surface area contributed by atoms with E-state index in [9.17, 15) is 4.79 Å². The van der Waals surface area contributed by atoms with Crippen LogP contribution in [0.3, 0.4) is 0 Å². The lowest BCUT2D eigenvalue weighted by molar-refractivity contribution is 0.0937. The Hall–Kier alpha value is -2.37. The molecule has 1 unspecified atom stereocenters. The number of carbonyl (C=O) groups is 1. The highest BCUT2D eigenvalue weighted by molar-refractivity contribution is 5.93. The standard InChI is InChI=1S/C17H22N4O2/c1-13(6-7-15-5-4-10-23-15)20-16(22)14-11-18-17(19-12-14)21-8-2-3-9-21/h4-5,10-13H,2-3,6-9H2,1H3,(H,20,22). The van der Waals surface area contributed by atoms with Crippen molar-refractivity contribution in [3.8, 4) is 0 Å². The van der Waals surface area contributed by atoms with E-state index in [0.29, 0.717) is 11.5 Å². The second kappa shape index (κ2) is 7.26. The Kier molecular flexibility index (Phi) is 4.90. The van der Waals surface area contributed by atoms with Crippen LogP contribution in [0.1, 0.15) is 42.3 Å². The molecule has 1 N–H and O–H groups in total. The van der Waals surface area contributed by atoms with E-state index < -0.39 is 0 Å². The minimum Gasteiger partial charge on any atom is -0.469 e. The van der Waals surface area contributed by atoms with Crippen molar-refractivity contribution >= 4 is 11.9 Å². The molecule has 1 atom stereocenters. The van der Waals surface area contributed by atoms with Crippen LogP contribution in [0.25, 0.3) is 0 Å². The normalized spacial score (nSPS) is 15.6. The van der Waals surface area contributed by atoms with Crippen molar-refractivity contribution in [1.29, 1.82) is 0 Å². The third-order valence-electron chi connectivity index (χ3n) is 4.07. The molecule has 2 aromatic rings. The zero-order valence-corrected chi connectivity index (χ0v) is 13.4. The van der Waals surface area contributed by atoms with Gasteiger partial charge < -0.3 is 14.6 Å². The Bertz CT molecular complexity index is 619. The number of hydrogen-bond donors (Lipinski definition) is 1. The molecule has 6 nitrogen and oxygen atoms in total. The van der Waals surface area contributed by atoms with Crippen LogP contribution in [-0.4, -0.2) is 35.0 Å². The van der Waals surface area contributed by atoms with Crippen molar-refractivity contribution in [2.45, 2.75) is 38.6 Å². The number of nitrogens with zero attached hydrogens (tertiary/aromatic N) is 3. The summed E-state index contributed by atoms with van der Waals surface area (Å²) >= 11 is 0. The van der Waals surface area contributed by atoms with E-state index in [1.807, 2.05) is 19.1 Å². The highest BCUT2D eigenvalue weighted by Gasteiger charge is 2.16. The van der Waals surface area contributed by atoms with Gasteiger partial charge in [-0.25, -0.2) is 9.97 Å². The number of nitrogens with one attached hydrogen (secondary N) is 1. The van der Waals surface area contributed by atoms with E-state index in [4.69, 9.17) is 4.42 Å². The Balaban J connectivity index is 1.50. The molecule has 0 aliphatic carbocycles. The third-order valence-corrected chi connectivity index (χ3v) is 4.07. The van der Waals surface area contributed by atoms with E-state index in [2.05, 4.69) is 20.2 Å². The second-order valence-corrected chi connectivity index (χ2v) is 5.96. The van der Waals surface area contributed by atoms with Gasteiger partial charge in [0.05, 0.1) is 11.8 Å². The molecule has 23 heavy (non-hydrogen) atoms. The van der Waals surface area contributed by atoms with Crippen molar-refractivity contribution in [3.63, 3.8) is 0 Å². The molecule has 0 saturated carbocycles. The molecule has 6 heteroatoms. The summed E-state index contributed by atoms with van der Waals surface area (Å²) in [7, 11) is 0. The molecule has 0 bridgehead atoms. The van der Waals surface area contributed by atoms with Gasteiger partial charge in [0.15, 0.2) is 0 Å². The number of carbonyl (C=O) groups excluding carboxylic acids is 1. The Morgan fingerprint density at radius 1 is 1.35 bits per heavy atom. The molecule has 122 valence electrons. The topological polar surface area (TPSA) is 71.3 Å². The number of furan rings is 1. The average Bonchev–Trinajstić information content (AvgIpc) is 3.26. The molecule has 3 heterocycles. The monoisotopic (exact) mass is 314 g/mol. The quantitative estimate of drug-likeness (QED) is 0.886. The summed E-state index contributed by atoms with van der Waals surface area (Å²) in [6, 6.07) is 3.88. The van der Waals surface area contributed by atoms with Crippen LogP contribution in [-0.2, 0) is 6.42 Å². The maximum absolute atomic E-state index is 12.2. The maximum Gasteiger partial charge on any atom is 0.254 e. The van der Waals surface area contributed by atoms with Crippen molar-refractivity contribution in [2.24, 2.45) is 0 Å². The van der Waals surface area contributed by atoms with E-state index >= 15 is 0 Å². The summed E-state index contributed by atoms with van der Waals surface area (Å²) in [5.41, 5.74) is 0.498. The number of hydrogen-bond acceptors (Lipinski definition) is 5. The maximum atomic E-state index is 12.2. The van der Waals surface area contributed by atoms with Gasteiger partial charge in [-0.3, -0.25) is 4.79 Å². The fraction of sp³-hybridized carbons (Fsp3) is 0.471. The van der Waals surface area contributed by atoms with Gasteiger partial charge in [-0.2, -0.15) is 0 Å². The predicted molar refractivity (Wildman–Crippen MR) is 87.4 cm³/mol. The van der Waals surface area contributed by atoms with Crippen LogP contribution < -0.4 is 10.2 Å². The molecule has 1 aliphatic rings. The molecule has 1 aliphatic heterocycles. The smallest absolute Gasteiger partial charge is 0.254 e. The van der Waals surface area contributed by atoms with Crippen LogP contribution >= 0.6 is 0 Å². The molecule has 0 radical (unpaired) electrons. The predicted octanol–water partition coefficient (Wildman–Crippen LogP) is 2.42. The van der Waals surface area contributed by atoms with Crippen molar-refractivity contribution < 1.29 is 9.21 Å². The van der Waals surface area contributed by atoms with Crippen molar-refractivity contribution in [1.82, 2.24) is 15.3 Å². The number of aryl methyl sites for hydroxylation is 1. The Morgan fingerprint density at radius 2 is 2.09 bits per heavy atom. The molecule has 1 fully saturated rings. The first kappa shape index (κ1) is 15.5. The van der Waals surface area contributed by atoms with Gasteiger partial charge in [0.25, 0.3) is 5.91 Å². The lowest BCUT2D eigenvalue weighted by Gasteiger charge is -2.15. The van der Waals surface area contributed by atoms with Gasteiger partial charge in [0.1, 0.15) is 5.76 Å². The molecular formula is C17H22N4O2. The lowest BCUT2D eigenvalue weighted by Crippen LogP contribution is -2.33. The van der Waals surface area contributed by atoms with Gasteiger partial charge in [-0.05, 0) is 38.3 Å². The SMILES string of the molecule is CC(CCc1ccco1)NC(=O)c1cnc(N2CCCC2)nc1. The first-order valence-corrected chi connectivity index (χ1v) is 8.12.